The molecule has 8 nitrogen and oxygen atoms in total. The molecule has 0 spiro atoms. The summed E-state index contributed by atoms with van der Waals surface area (Å²) in [6, 6.07) is 12.9. The molecule has 0 amide bonds. The van der Waals surface area contributed by atoms with Crippen molar-refractivity contribution < 1.29 is 28.3 Å². The number of nitrogens with zero attached hydrogens (tertiary/aromatic N) is 2. The summed E-state index contributed by atoms with van der Waals surface area (Å²) in [5.74, 6) is 1.44. The van der Waals surface area contributed by atoms with E-state index in [2.05, 4.69) is 10.1 Å². The van der Waals surface area contributed by atoms with E-state index in [-0.39, 0.29) is 11.6 Å². The number of carbonyl (C=O) groups excluding carboxylic acids is 1. The molecule has 0 unspecified atom stereocenters. The van der Waals surface area contributed by atoms with Gasteiger partial charge in [-0.2, -0.15) is 0 Å². The summed E-state index contributed by atoms with van der Waals surface area (Å²) >= 11 is 0. The first-order valence-electron chi connectivity index (χ1n) is 9.40. The standard InChI is InChI=1S/C23H20N2O6/c1-13-19(20(25-31-13)15-8-6-5-7-9-15)22-24-16(23(26)30-22)10-14-11-17(27-2)21(29-4)18(12-14)28-3/h5-12H,1-4H3/b16-10+. The van der Waals surface area contributed by atoms with Crippen molar-refractivity contribution in [2.75, 3.05) is 21.3 Å². The van der Waals surface area contributed by atoms with E-state index in [9.17, 15) is 4.79 Å². The normalized spacial score (nSPS) is 14.4. The molecule has 3 aromatic rings. The Bertz CT molecular complexity index is 1170. The average Bonchev–Trinajstić information content (AvgIpc) is 3.35. The highest BCUT2D eigenvalue weighted by molar-refractivity contribution is 6.15. The van der Waals surface area contributed by atoms with Gasteiger partial charge in [0.05, 0.1) is 21.3 Å². The molecule has 2 aromatic carbocycles. The average molecular weight is 420 g/mol. The van der Waals surface area contributed by atoms with Crippen LogP contribution in [-0.4, -0.2) is 38.4 Å². The SMILES string of the molecule is COc1cc(/C=C2/N=C(c3c(-c4ccccc4)noc3C)OC2=O)cc(OC)c1OC. The van der Waals surface area contributed by atoms with Crippen molar-refractivity contribution >= 4 is 17.9 Å². The van der Waals surface area contributed by atoms with E-state index in [0.29, 0.717) is 39.8 Å². The Kier molecular flexibility index (Phi) is 5.44. The Balaban J connectivity index is 1.76. The van der Waals surface area contributed by atoms with Crippen molar-refractivity contribution in [3.8, 4) is 28.5 Å². The van der Waals surface area contributed by atoms with Gasteiger partial charge in [0.2, 0.25) is 11.6 Å². The first-order chi connectivity index (χ1) is 15.0. The molecule has 0 bridgehead atoms. The first kappa shape index (κ1) is 20.2. The van der Waals surface area contributed by atoms with Crippen LogP contribution in [0.2, 0.25) is 0 Å². The van der Waals surface area contributed by atoms with Crippen molar-refractivity contribution in [1.82, 2.24) is 5.16 Å². The van der Waals surface area contributed by atoms with Gasteiger partial charge in [0.15, 0.2) is 17.2 Å². The highest BCUT2D eigenvalue weighted by Gasteiger charge is 2.30. The van der Waals surface area contributed by atoms with Gasteiger partial charge in [0, 0.05) is 5.56 Å². The van der Waals surface area contributed by atoms with Crippen LogP contribution in [0.1, 0.15) is 16.9 Å². The Morgan fingerprint density at radius 3 is 2.26 bits per heavy atom. The van der Waals surface area contributed by atoms with Gasteiger partial charge < -0.3 is 23.5 Å². The zero-order valence-electron chi connectivity index (χ0n) is 17.5. The van der Waals surface area contributed by atoms with E-state index in [4.69, 9.17) is 23.5 Å². The molecule has 2 heterocycles. The summed E-state index contributed by atoms with van der Waals surface area (Å²) in [6.45, 7) is 1.74. The predicted octanol–water partition coefficient (Wildman–Crippen LogP) is 4.02. The van der Waals surface area contributed by atoms with Gasteiger partial charge in [0.1, 0.15) is 17.0 Å². The fraction of sp³-hybridized carbons (Fsp3) is 0.174. The lowest BCUT2D eigenvalue weighted by Gasteiger charge is -2.12. The van der Waals surface area contributed by atoms with E-state index in [1.165, 1.54) is 21.3 Å². The third kappa shape index (κ3) is 3.75. The summed E-state index contributed by atoms with van der Waals surface area (Å²) < 4.78 is 26.9. The van der Waals surface area contributed by atoms with E-state index in [0.717, 1.165) is 5.56 Å². The van der Waals surface area contributed by atoms with Crippen LogP contribution in [0.25, 0.3) is 17.3 Å². The van der Waals surface area contributed by atoms with Crippen molar-refractivity contribution in [2.24, 2.45) is 4.99 Å². The van der Waals surface area contributed by atoms with Crippen molar-refractivity contribution in [3.05, 3.63) is 65.0 Å². The molecular weight excluding hydrogens is 400 g/mol. The van der Waals surface area contributed by atoms with E-state index >= 15 is 0 Å². The Labute approximate surface area is 178 Å². The van der Waals surface area contributed by atoms with Crippen LogP contribution >= 0.6 is 0 Å². The van der Waals surface area contributed by atoms with Gasteiger partial charge in [-0.15, -0.1) is 0 Å². The third-order valence-electron chi connectivity index (χ3n) is 4.73. The van der Waals surface area contributed by atoms with Gasteiger partial charge in [-0.05, 0) is 30.7 Å². The van der Waals surface area contributed by atoms with Crippen molar-refractivity contribution in [3.63, 3.8) is 0 Å². The molecule has 4 rings (SSSR count). The lowest BCUT2D eigenvalue weighted by atomic mass is 10.1. The molecule has 0 aliphatic carbocycles. The zero-order valence-corrected chi connectivity index (χ0v) is 17.5. The summed E-state index contributed by atoms with van der Waals surface area (Å²) in [5.41, 5.74) is 2.68. The highest BCUT2D eigenvalue weighted by atomic mass is 16.6. The van der Waals surface area contributed by atoms with E-state index in [1.54, 1.807) is 25.1 Å². The Morgan fingerprint density at radius 1 is 0.968 bits per heavy atom. The minimum absolute atomic E-state index is 0.129. The molecule has 8 heteroatoms. The zero-order chi connectivity index (χ0) is 22.0. The number of hydrogen-bond donors (Lipinski definition) is 0. The fourth-order valence-electron chi connectivity index (χ4n) is 3.28. The molecule has 31 heavy (non-hydrogen) atoms. The lowest BCUT2D eigenvalue weighted by Crippen LogP contribution is -2.07. The molecule has 0 saturated heterocycles. The monoisotopic (exact) mass is 420 g/mol. The minimum atomic E-state index is -0.580. The summed E-state index contributed by atoms with van der Waals surface area (Å²) in [7, 11) is 4.57. The number of cyclic esters (lactones) is 1. The number of carbonyl (C=O) groups is 1. The topological polar surface area (TPSA) is 92.4 Å². The van der Waals surface area contributed by atoms with Gasteiger partial charge in [0.25, 0.3) is 0 Å². The second-order valence-corrected chi connectivity index (χ2v) is 6.62. The van der Waals surface area contributed by atoms with Crippen LogP contribution in [0, 0.1) is 6.92 Å². The molecule has 158 valence electrons. The Morgan fingerprint density at radius 2 is 1.65 bits per heavy atom. The van der Waals surface area contributed by atoms with Crippen molar-refractivity contribution in [2.45, 2.75) is 6.92 Å². The van der Waals surface area contributed by atoms with Gasteiger partial charge in [-0.1, -0.05) is 35.5 Å². The number of aromatic nitrogens is 1. The number of aliphatic imine (C=N–C) groups is 1. The summed E-state index contributed by atoms with van der Waals surface area (Å²) in [5, 5.41) is 4.12. The quantitative estimate of drug-likeness (QED) is 0.439. The largest absolute Gasteiger partial charge is 0.493 e. The predicted molar refractivity (Wildman–Crippen MR) is 113 cm³/mol. The van der Waals surface area contributed by atoms with Crippen LogP contribution in [0.5, 0.6) is 17.2 Å². The molecule has 1 aromatic heterocycles. The summed E-state index contributed by atoms with van der Waals surface area (Å²) in [6.07, 6.45) is 1.59. The maximum atomic E-state index is 12.5. The lowest BCUT2D eigenvalue weighted by molar-refractivity contribution is -0.129. The maximum absolute atomic E-state index is 12.5. The van der Waals surface area contributed by atoms with Crippen LogP contribution in [0.3, 0.4) is 0 Å². The van der Waals surface area contributed by atoms with Crippen molar-refractivity contribution in [1.29, 1.82) is 0 Å². The van der Waals surface area contributed by atoms with Gasteiger partial charge in [-0.3, -0.25) is 0 Å². The second kappa shape index (κ2) is 8.35. The molecule has 0 atom stereocenters. The molecule has 1 aliphatic heterocycles. The summed E-state index contributed by atoms with van der Waals surface area (Å²) in [4.78, 5) is 16.9. The van der Waals surface area contributed by atoms with E-state index < -0.39 is 5.97 Å². The number of esters is 1. The van der Waals surface area contributed by atoms with Crippen LogP contribution < -0.4 is 14.2 Å². The highest BCUT2D eigenvalue weighted by Crippen LogP contribution is 2.39. The molecule has 0 fully saturated rings. The van der Waals surface area contributed by atoms with E-state index in [1.807, 2.05) is 30.3 Å². The number of methoxy groups -OCH3 is 3. The first-order valence-corrected chi connectivity index (χ1v) is 9.40. The van der Waals surface area contributed by atoms with Gasteiger partial charge >= 0.3 is 5.97 Å². The fourth-order valence-corrected chi connectivity index (χ4v) is 3.28. The third-order valence-corrected chi connectivity index (χ3v) is 4.73. The number of aryl methyl sites for hydroxylation is 1. The number of rotatable bonds is 6. The number of ether oxygens (including phenoxy) is 4. The smallest absolute Gasteiger partial charge is 0.363 e. The Hall–Kier alpha value is -4.07. The number of benzene rings is 2. The molecule has 0 saturated carbocycles. The minimum Gasteiger partial charge on any atom is -0.493 e. The van der Waals surface area contributed by atoms with Crippen LogP contribution in [0.15, 0.2) is 57.7 Å². The molecule has 0 N–H and O–H groups in total. The second-order valence-electron chi connectivity index (χ2n) is 6.62. The maximum Gasteiger partial charge on any atom is 0.363 e. The van der Waals surface area contributed by atoms with Crippen LogP contribution in [0.4, 0.5) is 0 Å². The van der Waals surface area contributed by atoms with Gasteiger partial charge in [-0.25, -0.2) is 9.79 Å². The van der Waals surface area contributed by atoms with Crippen LogP contribution in [-0.2, 0) is 9.53 Å². The molecule has 1 aliphatic rings. The molecular formula is C23H20N2O6. The number of hydrogen-bond acceptors (Lipinski definition) is 8. The molecule has 0 radical (unpaired) electrons.